The molecule has 3 unspecified atom stereocenters. The van der Waals surface area contributed by atoms with E-state index in [1.54, 1.807) is 16.4 Å². The first-order valence-corrected chi connectivity index (χ1v) is 13.4. The molecule has 3 rings (SSSR count). The fraction of sp³-hybridized carbons (Fsp3) is 0.556. The third-order valence-electron chi connectivity index (χ3n) is 5.44. The Morgan fingerprint density at radius 2 is 1.83 bits per heavy atom. The summed E-state index contributed by atoms with van der Waals surface area (Å²) in [5.74, 6) is 1.08. The molecular formula is C18H27NO2SSi. The molecule has 0 bridgehead atoms. The van der Waals surface area contributed by atoms with Gasteiger partial charge in [0.2, 0.25) is 10.0 Å². The van der Waals surface area contributed by atoms with Crippen molar-refractivity contribution in [3.8, 4) is 0 Å². The summed E-state index contributed by atoms with van der Waals surface area (Å²) < 4.78 is 27.4. The van der Waals surface area contributed by atoms with Gasteiger partial charge >= 0.3 is 0 Å². The van der Waals surface area contributed by atoms with Crippen molar-refractivity contribution in [2.45, 2.75) is 38.4 Å². The number of nitrogens with zero attached hydrogens (tertiary/aromatic N) is 1. The predicted octanol–water partition coefficient (Wildman–Crippen LogP) is 3.69. The van der Waals surface area contributed by atoms with Crippen LogP contribution in [0.5, 0.6) is 0 Å². The van der Waals surface area contributed by atoms with E-state index in [1.165, 1.54) is 0 Å². The lowest BCUT2D eigenvalue weighted by Crippen LogP contribution is -2.33. The minimum Gasteiger partial charge on any atom is -0.207 e. The number of benzene rings is 1. The number of rotatable bonds is 4. The first-order valence-electron chi connectivity index (χ1n) is 8.33. The van der Waals surface area contributed by atoms with Crippen molar-refractivity contribution in [2.24, 2.45) is 17.3 Å². The van der Waals surface area contributed by atoms with Crippen molar-refractivity contribution in [1.29, 1.82) is 0 Å². The van der Waals surface area contributed by atoms with E-state index in [1.807, 2.05) is 19.1 Å². The molecule has 1 aromatic carbocycles. The van der Waals surface area contributed by atoms with Crippen molar-refractivity contribution in [1.82, 2.24) is 4.31 Å². The highest BCUT2D eigenvalue weighted by molar-refractivity contribution is 7.89. The fourth-order valence-electron chi connectivity index (χ4n) is 3.71. The van der Waals surface area contributed by atoms with Gasteiger partial charge in [-0.05, 0) is 30.9 Å². The van der Waals surface area contributed by atoms with Crippen molar-refractivity contribution < 1.29 is 8.42 Å². The van der Waals surface area contributed by atoms with E-state index in [4.69, 9.17) is 0 Å². The van der Waals surface area contributed by atoms with Gasteiger partial charge in [0.15, 0.2) is 0 Å². The summed E-state index contributed by atoms with van der Waals surface area (Å²) in [4.78, 5) is 0.418. The van der Waals surface area contributed by atoms with Crippen LogP contribution < -0.4 is 0 Å². The van der Waals surface area contributed by atoms with Crippen LogP contribution in [0.15, 0.2) is 40.9 Å². The summed E-state index contributed by atoms with van der Waals surface area (Å²) in [6.45, 7) is 12.5. The molecule has 23 heavy (non-hydrogen) atoms. The maximum Gasteiger partial charge on any atom is 0.243 e. The Hall–Kier alpha value is -0.913. The van der Waals surface area contributed by atoms with Crippen LogP contribution in [0, 0.1) is 24.2 Å². The summed E-state index contributed by atoms with van der Waals surface area (Å²) in [6.07, 6.45) is 2.35. The molecule has 5 heteroatoms. The molecule has 1 saturated carbocycles. The van der Waals surface area contributed by atoms with Crippen LogP contribution in [0.25, 0.3) is 0 Å². The number of hydrogen-bond donors (Lipinski definition) is 0. The van der Waals surface area contributed by atoms with E-state index in [0.29, 0.717) is 29.8 Å². The van der Waals surface area contributed by atoms with Gasteiger partial charge in [0.05, 0.1) is 13.0 Å². The Bertz CT molecular complexity index is 733. The number of aryl methyl sites for hydroxylation is 1. The summed E-state index contributed by atoms with van der Waals surface area (Å²) in [5.41, 5.74) is 3.54. The van der Waals surface area contributed by atoms with E-state index >= 15 is 0 Å². The lowest BCUT2D eigenvalue weighted by Gasteiger charge is -2.22. The van der Waals surface area contributed by atoms with Crippen molar-refractivity contribution in [2.75, 3.05) is 13.1 Å². The van der Waals surface area contributed by atoms with Crippen LogP contribution in [-0.2, 0) is 10.0 Å². The second-order valence-electron chi connectivity index (χ2n) is 8.32. The lowest BCUT2D eigenvalue weighted by atomic mass is 10.1. The number of hydrogen-bond acceptors (Lipinski definition) is 2. The molecule has 0 amide bonds. The van der Waals surface area contributed by atoms with E-state index in [9.17, 15) is 8.42 Å². The summed E-state index contributed by atoms with van der Waals surface area (Å²) in [5, 5.41) is 0. The van der Waals surface area contributed by atoms with Gasteiger partial charge in [-0.25, -0.2) is 8.42 Å². The van der Waals surface area contributed by atoms with E-state index in [-0.39, 0.29) is 5.41 Å². The highest BCUT2D eigenvalue weighted by atomic mass is 32.2. The molecule has 0 spiro atoms. The number of piperidine rings is 1. The molecule has 1 aliphatic carbocycles. The van der Waals surface area contributed by atoms with Crippen LogP contribution >= 0.6 is 0 Å². The van der Waals surface area contributed by atoms with Crippen LogP contribution in [-0.4, -0.2) is 33.9 Å². The van der Waals surface area contributed by atoms with Crippen LogP contribution in [0.1, 0.15) is 12.5 Å². The topological polar surface area (TPSA) is 37.4 Å². The standard InChI is InChI=1S/C18H27NO2SSi/c1-14-6-8-16(9-7-14)22(20,21)19-12-17-15(2)18(17,13-19)10-11-23(3,4)5/h6-11,15,17H,12-13H2,1-5H3. The second-order valence-corrected chi connectivity index (χ2v) is 15.3. The first kappa shape index (κ1) is 16.9. The Balaban J connectivity index is 1.83. The van der Waals surface area contributed by atoms with E-state index < -0.39 is 18.1 Å². The van der Waals surface area contributed by atoms with Crippen molar-refractivity contribution in [3.05, 3.63) is 41.6 Å². The van der Waals surface area contributed by atoms with Gasteiger partial charge < -0.3 is 0 Å². The van der Waals surface area contributed by atoms with E-state index in [2.05, 4.69) is 38.3 Å². The van der Waals surface area contributed by atoms with Crippen molar-refractivity contribution in [3.63, 3.8) is 0 Å². The number of sulfonamides is 1. The van der Waals surface area contributed by atoms with Crippen molar-refractivity contribution >= 4 is 18.1 Å². The fourth-order valence-corrected chi connectivity index (χ4v) is 6.05. The molecule has 1 aliphatic heterocycles. The first-order chi connectivity index (χ1) is 10.6. The van der Waals surface area contributed by atoms with Gasteiger partial charge in [-0.1, -0.05) is 56.0 Å². The molecule has 1 heterocycles. The van der Waals surface area contributed by atoms with Crippen LogP contribution in [0.3, 0.4) is 0 Å². The monoisotopic (exact) mass is 349 g/mol. The lowest BCUT2D eigenvalue weighted by molar-refractivity contribution is 0.398. The molecule has 1 aromatic rings. The highest BCUT2D eigenvalue weighted by Gasteiger charge is 2.66. The average molecular weight is 350 g/mol. The maximum absolute atomic E-state index is 12.9. The molecule has 126 valence electrons. The highest BCUT2D eigenvalue weighted by Crippen LogP contribution is 2.64. The smallest absolute Gasteiger partial charge is 0.207 e. The Morgan fingerprint density at radius 3 is 2.39 bits per heavy atom. The second kappa shape index (κ2) is 5.29. The molecule has 2 aliphatic rings. The summed E-state index contributed by atoms with van der Waals surface area (Å²) in [7, 11) is -4.62. The Morgan fingerprint density at radius 1 is 1.22 bits per heavy atom. The van der Waals surface area contributed by atoms with Gasteiger partial charge in [-0.2, -0.15) is 4.31 Å². The molecule has 0 aromatic heterocycles. The molecule has 0 radical (unpaired) electrons. The Labute approximate surface area is 141 Å². The minimum absolute atomic E-state index is 0.0814. The molecular weight excluding hydrogens is 322 g/mol. The van der Waals surface area contributed by atoms with Gasteiger partial charge in [0.25, 0.3) is 0 Å². The predicted molar refractivity (Wildman–Crippen MR) is 97.5 cm³/mol. The molecule has 2 fully saturated rings. The molecule has 3 nitrogen and oxygen atoms in total. The van der Waals surface area contributed by atoms with Gasteiger partial charge in [-0.3, -0.25) is 0 Å². The zero-order valence-corrected chi connectivity index (χ0v) is 16.5. The zero-order chi connectivity index (χ0) is 17.0. The average Bonchev–Trinajstić information content (AvgIpc) is 2.83. The summed E-state index contributed by atoms with van der Waals surface area (Å²) in [6, 6.07) is 7.19. The zero-order valence-electron chi connectivity index (χ0n) is 14.7. The van der Waals surface area contributed by atoms with E-state index in [0.717, 1.165) is 5.56 Å². The third-order valence-corrected chi connectivity index (χ3v) is 8.43. The number of fused-ring (bicyclic) bond motifs is 1. The summed E-state index contributed by atoms with van der Waals surface area (Å²) >= 11 is 0. The van der Waals surface area contributed by atoms with Gasteiger partial charge in [-0.15, -0.1) is 0 Å². The normalized spacial score (nSPS) is 31.5. The minimum atomic E-state index is -3.36. The maximum atomic E-state index is 12.9. The molecule has 3 atom stereocenters. The van der Waals surface area contributed by atoms with Gasteiger partial charge in [0, 0.05) is 18.5 Å². The molecule has 1 saturated heterocycles. The van der Waals surface area contributed by atoms with Crippen LogP contribution in [0.4, 0.5) is 0 Å². The molecule has 0 N–H and O–H groups in total. The Kier molecular flexibility index (Phi) is 3.90. The SMILES string of the molecule is Cc1ccc(S(=O)(=O)N2CC3C(C)C3(C=C[Si](C)(C)C)C2)cc1. The quantitative estimate of drug-likeness (QED) is 0.778. The van der Waals surface area contributed by atoms with Gasteiger partial charge in [0.1, 0.15) is 0 Å². The van der Waals surface area contributed by atoms with Crippen LogP contribution in [0.2, 0.25) is 19.6 Å². The third kappa shape index (κ3) is 2.94. The largest absolute Gasteiger partial charge is 0.243 e.